The summed E-state index contributed by atoms with van der Waals surface area (Å²) in [7, 11) is -2.22. The van der Waals surface area contributed by atoms with Gasteiger partial charge in [-0.2, -0.15) is 0 Å². The van der Waals surface area contributed by atoms with E-state index >= 15 is 0 Å². The number of fused-ring (bicyclic) bond motifs is 1. The molecule has 0 radical (unpaired) electrons. The van der Waals surface area contributed by atoms with Crippen LogP contribution in [0, 0.1) is 11.6 Å². The van der Waals surface area contributed by atoms with Crippen LogP contribution in [0.5, 0.6) is 0 Å². The summed E-state index contributed by atoms with van der Waals surface area (Å²) in [4.78, 5) is 31.8. The Morgan fingerprint density at radius 2 is 1.67 bits per heavy atom. The fraction of sp³-hybridized carbons (Fsp3) is 0.235. The average Bonchev–Trinajstić information content (AvgIpc) is 3.69. The van der Waals surface area contributed by atoms with Gasteiger partial charge in [-0.3, -0.25) is 14.3 Å². The molecule has 3 N–H and O–H groups in total. The Hall–Kier alpha value is -4.97. The average molecular weight is 647 g/mol. The maximum atomic E-state index is 13.9. The van der Waals surface area contributed by atoms with Gasteiger partial charge in [0.05, 0.1) is 22.6 Å². The highest BCUT2D eigenvalue weighted by molar-refractivity contribution is 7.92. The van der Waals surface area contributed by atoms with E-state index in [-0.39, 0.29) is 46.8 Å². The van der Waals surface area contributed by atoms with Crippen molar-refractivity contribution in [1.82, 2.24) is 15.2 Å². The van der Waals surface area contributed by atoms with Crippen LogP contribution in [0.3, 0.4) is 0 Å². The van der Waals surface area contributed by atoms with Gasteiger partial charge < -0.3 is 19.6 Å². The molecular weight excluding hydrogens is 614 g/mol. The largest absolute Gasteiger partial charge is 0.455 e. The molecule has 1 fully saturated rings. The van der Waals surface area contributed by atoms with E-state index in [0.29, 0.717) is 58.3 Å². The zero-order valence-electron chi connectivity index (χ0n) is 25.2. The van der Waals surface area contributed by atoms with Crippen molar-refractivity contribution < 1.29 is 31.2 Å². The van der Waals surface area contributed by atoms with Gasteiger partial charge in [0.15, 0.2) is 0 Å². The molecule has 6 rings (SSSR count). The summed E-state index contributed by atoms with van der Waals surface area (Å²) in [5, 5.41) is 3.10. The molecule has 1 saturated heterocycles. The Morgan fingerprint density at radius 1 is 1.00 bits per heavy atom. The monoisotopic (exact) mass is 646 g/mol. The molecule has 1 atom stereocenters. The SMILES string of the molecule is CCS(=O)(=O)Nc1cc2oc(-c3ccc(F)cc3)c(C(=O)NC)c2cc1C1CCCN(C(=O)c2c[nH]cc2-c2ccc(F)cc2)C1. The molecule has 46 heavy (non-hydrogen) atoms. The first-order valence-electron chi connectivity index (χ1n) is 14.9. The fourth-order valence-corrected chi connectivity index (χ4v) is 6.63. The van der Waals surface area contributed by atoms with E-state index in [1.165, 1.54) is 50.4 Å². The van der Waals surface area contributed by atoms with Crippen LogP contribution in [-0.2, 0) is 10.0 Å². The van der Waals surface area contributed by atoms with Crippen LogP contribution in [0.15, 0.2) is 77.5 Å². The summed E-state index contributed by atoms with van der Waals surface area (Å²) in [6, 6.07) is 14.8. The Morgan fingerprint density at radius 3 is 2.33 bits per heavy atom. The van der Waals surface area contributed by atoms with Crippen LogP contribution in [0.4, 0.5) is 14.5 Å². The Labute approximate surface area is 264 Å². The third-order valence-corrected chi connectivity index (χ3v) is 9.64. The smallest absolute Gasteiger partial charge is 0.256 e. The number of nitrogens with zero attached hydrogens (tertiary/aromatic N) is 1. The highest BCUT2D eigenvalue weighted by atomic mass is 32.2. The number of benzene rings is 3. The summed E-state index contributed by atoms with van der Waals surface area (Å²) >= 11 is 0. The topological polar surface area (TPSA) is 125 Å². The maximum absolute atomic E-state index is 13.9. The number of sulfonamides is 1. The molecule has 1 aliphatic rings. The van der Waals surface area contributed by atoms with Crippen LogP contribution in [0.1, 0.15) is 52.0 Å². The summed E-state index contributed by atoms with van der Waals surface area (Å²) in [6.45, 7) is 2.31. The van der Waals surface area contributed by atoms with Crippen LogP contribution in [-0.4, -0.2) is 56.0 Å². The molecule has 0 spiro atoms. The highest BCUT2D eigenvalue weighted by Gasteiger charge is 2.31. The number of carbonyl (C=O) groups is 2. The third kappa shape index (κ3) is 6.00. The normalized spacial score (nSPS) is 15.2. The van der Waals surface area contributed by atoms with E-state index in [2.05, 4.69) is 15.0 Å². The zero-order valence-corrected chi connectivity index (χ0v) is 26.0. The van der Waals surface area contributed by atoms with Crippen LogP contribution >= 0.6 is 0 Å². The molecule has 2 aromatic heterocycles. The number of piperidine rings is 1. The maximum Gasteiger partial charge on any atom is 0.256 e. The molecule has 0 aliphatic carbocycles. The molecular formula is C34H32F2N4O5S. The molecule has 9 nitrogen and oxygen atoms in total. The van der Waals surface area contributed by atoms with Gasteiger partial charge in [0.25, 0.3) is 11.8 Å². The second-order valence-electron chi connectivity index (χ2n) is 11.2. The number of hydrogen-bond donors (Lipinski definition) is 3. The second-order valence-corrected chi connectivity index (χ2v) is 13.2. The molecule has 1 aliphatic heterocycles. The summed E-state index contributed by atoms with van der Waals surface area (Å²) in [5.41, 5.74) is 3.68. The van der Waals surface area contributed by atoms with Crippen molar-refractivity contribution in [2.45, 2.75) is 25.7 Å². The van der Waals surface area contributed by atoms with Crippen molar-refractivity contribution in [1.29, 1.82) is 0 Å². The number of aromatic amines is 1. The van der Waals surface area contributed by atoms with Gasteiger partial charge in [0.2, 0.25) is 10.0 Å². The number of nitrogens with one attached hydrogen (secondary N) is 3. The number of likely N-dealkylation sites (tertiary alicyclic amines) is 1. The number of aromatic nitrogens is 1. The molecule has 3 aromatic carbocycles. The van der Waals surface area contributed by atoms with E-state index < -0.39 is 21.7 Å². The summed E-state index contributed by atoms with van der Waals surface area (Å²) in [6.07, 6.45) is 4.63. The third-order valence-electron chi connectivity index (χ3n) is 8.35. The van der Waals surface area contributed by atoms with Crippen molar-refractivity contribution in [3.05, 3.63) is 101 Å². The zero-order chi connectivity index (χ0) is 32.6. The van der Waals surface area contributed by atoms with Gasteiger partial charge in [0.1, 0.15) is 23.0 Å². The number of carbonyl (C=O) groups excluding carboxylic acids is 2. The van der Waals surface area contributed by atoms with Gasteiger partial charge in [-0.15, -0.1) is 0 Å². The predicted octanol–water partition coefficient (Wildman–Crippen LogP) is 6.51. The van der Waals surface area contributed by atoms with Crippen molar-refractivity contribution in [3.63, 3.8) is 0 Å². The first-order chi connectivity index (χ1) is 22.1. The molecule has 1 unspecified atom stereocenters. The lowest BCUT2D eigenvalue weighted by Crippen LogP contribution is -2.39. The lowest BCUT2D eigenvalue weighted by molar-refractivity contribution is 0.0708. The Kier molecular flexibility index (Phi) is 8.39. The second kappa shape index (κ2) is 12.4. The quantitative estimate of drug-likeness (QED) is 0.177. The van der Waals surface area contributed by atoms with E-state index in [1.54, 1.807) is 41.6 Å². The van der Waals surface area contributed by atoms with Gasteiger partial charge in [-0.05, 0) is 73.4 Å². The number of rotatable bonds is 8. The molecule has 0 saturated carbocycles. The minimum absolute atomic E-state index is 0.165. The van der Waals surface area contributed by atoms with Crippen molar-refractivity contribution >= 4 is 38.5 Å². The Bertz CT molecular complexity index is 2040. The van der Waals surface area contributed by atoms with Gasteiger partial charge in [-0.1, -0.05) is 12.1 Å². The molecule has 12 heteroatoms. The molecule has 0 bridgehead atoms. The summed E-state index contributed by atoms with van der Waals surface area (Å²) < 4.78 is 61.7. The lowest BCUT2D eigenvalue weighted by atomic mass is 9.88. The van der Waals surface area contributed by atoms with Crippen molar-refractivity contribution in [2.24, 2.45) is 0 Å². The van der Waals surface area contributed by atoms with Crippen molar-refractivity contribution in [3.8, 4) is 22.5 Å². The van der Waals surface area contributed by atoms with Crippen LogP contribution in [0.2, 0.25) is 0 Å². The number of furan rings is 1. The number of amides is 2. The first-order valence-corrected chi connectivity index (χ1v) is 16.5. The van der Waals surface area contributed by atoms with Gasteiger partial charge >= 0.3 is 0 Å². The van der Waals surface area contributed by atoms with E-state index in [9.17, 15) is 26.8 Å². The number of halogens is 2. The Balaban J connectivity index is 1.42. The molecule has 3 heterocycles. The minimum Gasteiger partial charge on any atom is -0.455 e. The minimum atomic E-state index is -3.71. The van der Waals surface area contributed by atoms with Crippen LogP contribution < -0.4 is 10.0 Å². The standard InChI is InChI=1S/C34H32F2N4O5S/c1-3-46(43,44)39-29-16-30-26(31(33(41)37-2)32(45-30)21-8-12-24(36)13-9-21)15-25(29)22-5-4-14-40(19-22)34(42)28-18-38-17-27(28)20-6-10-23(35)11-7-20/h6-13,15-18,22,38-39H,3-5,14,19H2,1-2H3,(H,37,41). The van der Waals surface area contributed by atoms with Crippen molar-refractivity contribution in [2.75, 3.05) is 30.6 Å². The molecule has 2 amide bonds. The molecule has 238 valence electrons. The predicted molar refractivity (Wildman–Crippen MR) is 172 cm³/mol. The van der Waals surface area contributed by atoms with Crippen LogP contribution in [0.25, 0.3) is 33.4 Å². The first kappa shape index (κ1) is 31.0. The number of anilines is 1. The van der Waals surface area contributed by atoms with Gasteiger partial charge in [-0.25, -0.2) is 17.2 Å². The van der Waals surface area contributed by atoms with E-state index in [0.717, 1.165) is 0 Å². The summed E-state index contributed by atoms with van der Waals surface area (Å²) in [5.74, 6) is -1.69. The number of H-pyrrole nitrogens is 1. The lowest BCUT2D eigenvalue weighted by Gasteiger charge is -2.34. The van der Waals surface area contributed by atoms with Gasteiger partial charge in [0, 0.05) is 61.0 Å². The van der Waals surface area contributed by atoms with E-state index in [1.807, 2.05) is 0 Å². The van der Waals surface area contributed by atoms with E-state index in [4.69, 9.17) is 4.42 Å². The molecule has 5 aromatic rings. The highest BCUT2D eigenvalue weighted by Crippen LogP contribution is 2.41. The fourth-order valence-electron chi connectivity index (χ4n) is 5.98. The number of hydrogen-bond acceptors (Lipinski definition) is 5.